The number of nitrogens with one attached hydrogen (secondary N) is 1. The Balaban J connectivity index is 0.00000220. The lowest BCUT2D eigenvalue weighted by Gasteiger charge is -2.24. The van der Waals surface area contributed by atoms with Gasteiger partial charge in [0.15, 0.2) is 5.82 Å². The first-order valence-corrected chi connectivity index (χ1v) is 7.38. The third-order valence-electron chi connectivity index (χ3n) is 3.69. The number of likely N-dealkylation sites (tertiary alicyclic amines) is 1. The van der Waals surface area contributed by atoms with E-state index >= 15 is 0 Å². The van der Waals surface area contributed by atoms with Crippen LogP contribution in [0.2, 0.25) is 0 Å². The number of likely N-dealkylation sites (N-methyl/N-ethyl adjacent to an activating group) is 1. The first-order chi connectivity index (χ1) is 9.61. The van der Waals surface area contributed by atoms with Crippen LogP contribution in [0.4, 0.5) is 0 Å². The van der Waals surface area contributed by atoms with E-state index in [0.29, 0.717) is 30.6 Å². The van der Waals surface area contributed by atoms with E-state index in [4.69, 9.17) is 4.52 Å². The molecule has 0 bridgehead atoms. The zero-order valence-corrected chi connectivity index (χ0v) is 13.8. The minimum absolute atomic E-state index is 0. The van der Waals surface area contributed by atoms with Gasteiger partial charge in [-0.05, 0) is 19.9 Å². The molecule has 6 nitrogen and oxygen atoms in total. The highest BCUT2D eigenvalue weighted by molar-refractivity contribution is 5.85. The molecule has 0 aromatic carbocycles. The maximum Gasteiger partial charge on any atom is 0.227 e. The molecule has 1 aromatic rings. The maximum atomic E-state index is 12.3. The van der Waals surface area contributed by atoms with Crippen molar-refractivity contribution in [1.29, 1.82) is 0 Å². The molecule has 1 amide bonds. The molecule has 1 N–H and O–H groups in total. The molecule has 120 valence electrons. The fraction of sp³-hybridized carbons (Fsp3) is 0.786. The van der Waals surface area contributed by atoms with Gasteiger partial charge in [0.05, 0.1) is 0 Å². The van der Waals surface area contributed by atoms with Crippen LogP contribution in [0, 0.1) is 0 Å². The van der Waals surface area contributed by atoms with Gasteiger partial charge in [0.1, 0.15) is 0 Å². The lowest BCUT2D eigenvalue weighted by Crippen LogP contribution is -2.40. The van der Waals surface area contributed by atoms with E-state index in [1.807, 2.05) is 25.8 Å². The fourth-order valence-corrected chi connectivity index (χ4v) is 2.57. The lowest BCUT2D eigenvalue weighted by molar-refractivity contribution is -0.132. The highest BCUT2D eigenvalue weighted by atomic mass is 35.5. The van der Waals surface area contributed by atoms with Crippen molar-refractivity contribution >= 4 is 18.3 Å². The van der Waals surface area contributed by atoms with Crippen molar-refractivity contribution in [2.75, 3.05) is 20.1 Å². The number of halogens is 1. The molecule has 0 aliphatic carbocycles. The Morgan fingerprint density at radius 1 is 1.52 bits per heavy atom. The summed E-state index contributed by atoms with van der Waals surface area (Å²) in [6.45, 7) is 5.77. The Labute approximate surface area is 132 Å². The van der Waals surface area contributed by atoms with Crippen LogP contribution >= 0.6 is 12.4 Å². The quantitative estimate of drug-likeness (QED) is 0.866. The SMILES string of the molecule is CNCC1CCCN1C(=O)CCc1nc(C(C)C)no1.Cl. The van der Waals surface area contributed by atoms with Crippen molar-refractivity contribution < 1.29 is 9.32 Å². The van der Waals surface area contributed by atoms with Gasteiger partial charge < -0.3 is 14.7 Å². The predicted molar refractivity (Wildman–Crippen MR) is 82.6 cm³/mol. The van der Waals surface area contributed by atoms with Gasteiger partial charge in [-0.3, -0.25) is 4.79 Å². The number of hydrogen-bond donors (Lipinski definition) is 1. The molecule has 1 atom stereocenters. The zero-order valence-electron chi connectivity index (χ0n) is 13.0. The smallest absolute Gasteiger partial charge is 0.227 e. The minimum atomic E-state index is 0. The van der Waals surface area contributed by atoms with Gasteiger partial charge in [0.2, 0.25) is 11.8 Å². The van der Waals surface area contributed by atoms with Gasteiger partial charge in [-0.2, -0.15) is 4.98 Å². The van der Waals surface area contributed by atoms with Crippen LogP contribution in [0.25, 0.3) is 0 Å². The van der Waals surface area contributed by atoms with E-state index in [0.717, 1.165) is 25.9 Å². The van der Waals surface area contributed by atoms with Crippen LogP contribution in [0.5, 0.6) is 0 Å². The number of hydrogen-bond acceptors (Lipinski definition) is 5. The zero-order chi connectivity index (χ0) is 14.5. The van der Waals surface area contributed by atoms with E-state index in [2.05, 4.69) is 15.5 Å². The molecule has 1 fully saturated rings. The lowest BCUT2D eigenvalue weighted by atomic mass is 10.2. The number of amides is 1. The summed E-state index contributed by atoms with van der Waals surface area (Å²) in [4.78, 5) is 18.5. The standard InChI is InChI=1S/C14H24N4O2.ClH/c1-10(2)14-16-12(20-17-14)6-7-13(19)18-8-4-5-11(18)9-15-3;/h10-11,15H,4-9H2,1-3H3;1H. The molecule has 2 heterocycles. The third kappa shape index (κ3) is 4.68. The first kappa shape index (κ1) is 17.9. The van der Waals surface area contributed by atoms with Crippen LogP contribution in [0.15, 0.2) is 4.52 Å². The van der Waals surface area contributed by atoms with Crippen molar-refractivity contribution in [3.8, 4) is 0 Å². The Kier molecular flexibility index (Phi) is 7.11. The van der Waals surface area contributed by atoms with Crippen molar-refractivity contribution in [1.82, 2.24) is 20.4 Å². The molecular weight excluding hydrogens is 292 g/mol. The van der Waals surface area contributed by atoms with Crippen molar-refractivity contribution in [3.05, 3.63) is 11.7 Å². The Hall–Kier alpha value is -1.14. The van der Waals surface area contributed by atoms with Crippen molar-refractivity contribution in [2.45, 2.75) is 51.5 Å². The summed E-state index contributed by atoms with van der Waals surface area (Å²) in [7, 11) is 1.92. The first-order valence-electron chi connectivity index (χ1n) is 7.38. The van der Waals surface area contributed by atoms with E-state index < -0.39 is 0 Å². The Bertz CT molecular complexity index is 450. The summed E-state index contributed by atoms with van der Waals surface area (Å²) >= 11 is 0. The van der Waals surface area contributed by atoms with Gasteiger partial charge in [0, 0.05) is 37.9 Å². The monoisotopic (exact) mass is 316 g/mol. The Morgan fingerprint density at radius 2 is 2.29 bits per heavy atom. The van der Waals surface area contributed by atoms with E-state index in [1.54, 1.807) is 0 Å². The molecule has 0 saturated carbocycles. The summed E-state index contributed by atoms with van der Waals surface area (Å²) in [5.41, 5.74) is 0. The van der Waals surface area contributed by atoms with Gasteiger partial charge in [-0.1, -0.05) is 19.0 Å². The molecule has 0 radical (unpaired) electrons. The highest BCUT2D eigenvalue weighted by Crippen LogP contribution is 2.18. The molecule has 1 saturated heterocycles. The second kappa shape index (κ2) is 8.34. The fourth-order valence-electron chi connectivity index (χ4n) is 2.57. The molecule has 7 heteroatoms. The summed E-state index contributed by atoms with van der Waals surface area (Å²) in [5, 5.41) is 7.06. The van der Waals surface area contributed by atoms with Crippen LogP contribution in [-0.4, -0.2) is 47.1 Å². The largest absolute Gasteiger partial charge is 0.339 e. The van der Waals surface area contributed by atoms with E-state index in [1.165, 1.54) is 0 Å². The molecule has 2 rings (SSSR count). The molecule has 21 heavy (non-hydrogen) atoms. The normalized spacial score (nSPS) is 18.1. The second-order valence-corrected chi connectivity index (χ2v) is 5.64. The van der Waals surface area contributed by atoms with E-state index in [9.17, 15) is 4.79 Å². The minimum Gasteiger partial charge on any atom is -0.339 e. The number of carbonyl (C=O) groups excluding carboxylic acids is 1. The molecular formula is C14H25ClN4O2. The third-order valence-corrected chi connectivity index (χ3v) is 3.69. The highest BCUT2D eigenvalue weighted by Gasteiger charge is 2.27. The van der Waals surface area contributed by atoms with Crippen LogP contribution < -0.4 is 5.32 Å². The summed E-state index contributed by atoms with van der Waals surface area (Å²) in [5.74, 6) is 1.71. The predicted octanol–water partition coefficient (Wildman–Crippen LogP) is 1.76. The number of carbonyl (C=O) groups is 1. The van der Waals surface area contributed by atoms with Gasteiger partial charge >= 0.3 is 0 Å². The average molecular weight is 317 g/mol. The second-order valence-electron chi connectivity index (χ2n) is 5.64. The van der Waals surface area contributed by atoms with Crippen molar-refractivity contribution in [3.63, 3.8) is 0 Å². The topological polar surface area (TPSA) is 71.3 Å². The van der Waals surface area contributed by atoms with E-state index in [-0.39, 0.29) is 24.2 Å². The maximum absolute atomic E-state index is 12.3. The number of aromatic nitrogens is 2. The summed E-state index contributed by atoms with van der Waals surface area (Å²) in [6.07, 6.45) is 3.15. The molecule has 1 aromatic heterocycles. The summed E-state index contributed by atoms with van der Waals surface area (Å²) in [6, 6.07) is 0.335. The molecule has 1 aliphatic heterocycles. The number of aryl methyl sites for hydroxylation is 1. The van der Waals surface area contributed by atoms with Crippen LogP contribution in [0.1, 0.15) is 50.7 Å². The number of nitrogens with zero attached hydrogens (tertiary/aromatic N) is 3. The van der Waals surface area contributed by atoms with Gasteiger partial charge in [0.25, 0.3) is 0 Å². The van der Waals surface area contributed by atoms with Crippen LogP contribution in [-0.2, 0) is 11.2 Å². The molecule has 0 spiro atoms. The molecule has 1 aliphatic rings. The van der Waals surface area contributed by atoms with Crippen LogP contribution in [0.3, 0.4) is 0 Å². The average Bonchev–Trinajstić information content (AvgIpc) is 3.05. The van der Waals surface area contributed by atoms with Gasteiger partial charge in [-0.15, -0.1) is 12.4 Å². The Morgan fingerprint density at radius 3 is 2.90 bits per heavy atom. The van der Waals surface area contributed by atoms with Gasteiger partial charge in [-0.25, -0.2) is 0 Å². The van der Waals surface area contributed by atoms with Crippen molar-refractivity contribution in [2.24, 2.45) is 0 Å². The molecule has 1 unspecified atom stereocenters. The summed E-state index contributed by atoms with van der Waals surface area (Å²) < 4.78 is 5.17. The number of rotatable bonds is 6.